The maximum Gasteiger partial charge on any atom is 0.226 e. The highest BCUT2D eigenvalue weighted by molar-refractivity contribution is 9.09. The molecule has 1 saturated carbocycles. The van der Waals surface area contributed by atoms with Gasteiger partial charge in [0.25, 0.3) is 0 Å². The van der Waals surface area contributed by atoms with Crippen LogP contribution in [0.25, 0.3) is 0 Å². The number of carbonyl (C=O) groups excluding carboxylic acids is 1. The van der Waals surface area contributed by atoms with Crippen molar-refractivity contribution in [2.45, 2.75) is 76.0 Å². The van der Waals surface area contributed by atoms with Crippen LogP contribution in [0.2, 0.25) is 0 Å². The van der Waals surface area contributed by atoms with E-state index in [1.54, 1.807) is 0 Å². The van der Waals surface area contributed by atoms with Gasteiger partial charge < -0.3 is 4.90 Å². The molecule has 0 spiro atoms. The smallest absolute Gasteiger partial charge is 0.226 e. The van der Waals surface area contributed by atoms with Gasteiger partial charge in [-0.3, -0.25) is 4.79 Å². The number of alkyl halides is 1. The summed E-state index contributed by atoms with van der Waals surface area (Å²) in [7, 11) is 0. The Labute approximate surface area is 155 Å². The SMILES string of the molecule is CC(Br)Cc1ccc2c(c1)CCCN2C(=O)CCC1CCCCC1. The summed E-state index contributed by atoms with van der Waals surface area (Å²) >= 11 is 3.64. The van der Waals surface area contributed by atoms with Crippen molar-refractivity contribution in [2.24, 2.45) is 5.92 Å². The normalized spacial score (nSPS) is 19.8. The van der Waals surface area contributed by atoms with Gasteiger partial charge in [0.15, 0.2) is 0 Å². The molecule has 1 fully saturated rings. The molecule has 1 aliphatic carbocycles. The largest absolute Gasteiger partial charge is 0.312 e. The summed E-state index contributed by atoms with van der Waals surface area (Å²) in [5.41, 5.74) is 3.90. The number of benzene rings is 1. The number of rotatable bonds is 5. The topological polar surface area (TPSA) is 20.3 Å². The molecule has 3 heteroatoms. The van der Waals surface area contributed by atoms with Gasteiger partial charge in [-0.1, -0.05) is 67.1 Å². The fraction of sp³-hybridized carbons (Fsp3) is 0.667. The van der Waals surface area contributed by atoms with E-state index in [4.69, 9.17) is 0 Å². The molecular formula is C21H30BrNO. The molecule has 1 amide bonds. The lowest BCUT2D eigenvalue weighted by Gasteiger charge is -2.31. The average Bonchev–Trinajstić information content (AvgIpc) is 2.59. The van der Waals surface area contributed by atoms with Gasteiger partial charge in [-0.05, 0) is 48.8 Å². The highest BCUT2D eigenvalue weighted by Gasteiger charge is 2.24. The monoisotopic (exact) mass is 391 g/mol. The van der Waals surface area contributed by atoms with Crippen LogP contribution in [-0.4, -0.2) is 17.3 Å². The van der Waals surface area contributed by atoms with Crippen molar-refractivity contribution < 1.29 is 4.79 Å². The van der Waals surface area contributed by atoms with Gasteiger partial charge in [0.1, 0.15) is 0 Å². The molecule has 24 heavy (non-hydrogen) atoms. The van der Waals surface area contributed by atoms with Gasteiger partial charge in [-0.25, -0.2) is 0 Å². The second-order valence-electron chi connectivity index (χ2n) is 7.64. The molecule has 3 rings (SSSR count). The molecule has 1 aliphatic heterocycles. The fourth-order valence-electron chi connectivity index (χ4n) is 4.30. The van der Waals surface area contributed by atoms with Crippen LogP contribution in [0.3, 0.4) is 0 Å². The van der Waals surface area contributed by atoms with Crippen molar-refractivity contribution in [1.82, 2.24) is 0 Å². The minimum atomic E-state index is 0.336. The number of amides is 1. The lowest BCUT2D eigenvalue weighted by atomic mass is 9.86. The number of aryl methyl sites for hydroxylation is 1. The van der Waals surface area contributed by atoms with Crippen LogP contribution in [0.5, 0.6) is 0 Å². The van der Waals surface area contributed by atoms with Crippen molar-refractivity contribution in [3.8, 4) is 0 Å². The second-order valence-corrected chi connectivity index (χ2v) is 9.20. The lowest BCUT2D eigenvalue weighted by molar-refractivity contribution is -0.119. The Kier molecular flexibility index (Phi) is 6.37. The first-order chi connectivity index (χ1) is 11.6. The predicted molar refractivity (Wildman–Crippen MR) is 105 cm³/mol. The molecule has 1 unspecified atom stereocenters. The first kappa shape index (κ1) is 18.0. The van der Waals surface area contributed by atoms with Crippen LogP contribution in [0.4, 0.5) is 5.69 Å². The average molecular weight is 392 g/mol. The summed E-state index contributed by atoms with van der Waals surface area (Å²) in [4.78, 5) is 15.3. The number of hydrogen-bond acceptors (Lipinski definition) is 1. The summed E-state index contributed by atoms with van der Waals surface area (Å²) in [5.74, 6) is 1.12. The van der Waals surface area contributed by atoms with E-state index >= 15 is 0 Å². The Morgan fingerprint density at radius 2 is 2.04 bits per heavy atom. The minimum Gasteiger partial charge on any atom is -0.312 e. The summed E-state index contributed by atoms with van der Waals surface area (Å²) in [6.07, 6.45) is 11.8. The van der Waals surface area contributed by atoms with Gasteiger partial charge in [0.05, 0.1) is 0 Å². The first-order valence-electron chi connectivity index (χ1n) is 9.69. The maximum atomic E-state index is 12.8. The molecule has 1 atom stereocenters. The van der Waals surface area contributed by atoms with Gasteiger partial charge in [0, 0.05) is 23.5 Å². The highest BCUT2D eigenvalue weighted by atomic mass is 79.9. The van der Waals surface area contributed by atoms with Gasteiger partial charge in [0.2, 0.25) is 5.91 Å². The predicted octanol–water partition coefficient (Wildman–Crippen LogP) is 5.65. The van der Waals surface area contributed by atoms with Crippen molar-refractivity contribution in [2.75, 3.05) is 11.4 Å². The standard InChI is InChI=1S/C21H30BrNO/c1-16(22)14-18-9-11-20-19(15-18)8-5-13-23(20)21(24)12-10-17-6-3-2-4-7-17/h9,11,15-17H,2-8,10,12-14H2,1H3. The van der Waals surface area contributed by atoms with E-state index in [0.29, 0.717) is 10.7 Å². The number of nitrogens with zero attached hydrogens (tertiary/aromatic N) is 1. The summed E-state index contributed by atoms with van der Waals surface area (Å²) < 4.78 is 0. The Morgan fingerprint density at radius 1 is 1.25 bits per heavy atom. The maximum absolute atomic E-state index is 12.8. The number of halogens is 1. The van der Waals surface area contributed by atoms with E-state index < -0.39 is 0 Å². The summed E-state index contributed by atoms with van der Waals surface area (Å²) in [6.45, 7) is 3.07. The Morgan fingerprint density at radius 3 is 2.79 bits per heavy atom. The van der Waals surface area contributed by atoms with Gasteiger partial charge >= 0.3 is 0 Å². The quantitative estimate of drug-likeness (QED) is 0.593. The molecule has 1 aromatic rings. The number of fused-ring (bicyclic) bond motifs is 1. The van der Waals surface area contributed by atoms with Crippen molar-refractivity contribution in [1.29, 1.82) is 0 Å². The van der Waals surface area contributed by atoms with Crippen molar-refractivity contribution in [3.63, 3.8) is 0 Å². The first-order valence-corrected chi connectivity index (χ1v) is 10.6. The summed E-state index contributed by atoms with van der Waals surface area (Å²) in [6, 6.07) is 6.69. The Bertz CT molecular complexity index is 563. The molecule has 2 nitrogen and oxygen atoms in total. The van der Waals surface area contributed by atoms with Crippen LogP contribution in [0, 0.1) is 5.92 Å². The highest BCUT2D eigenvalue weighted by Crippen LogP contribution is 2.31. The van der Waals surface area contributed by atoms with Crippen LogP contribution < -0.4 is 4.90 Å². The third-order valence-electron chi connectivity index (χ3n) is 5.57. The van der Waals surface area contributed by atoms with Crippen LogP contribution in [0.15, 0.2) is 18.2 Å². The van der Waals surface area contributed by atoms with E-state index in [1.165, 1.54) is 48.9 Å². The molecule has 0 radical (unpaired) electrons. The van der Waals surface area contributed by atoms with Gasteiger partial charge in [-0.2, -0.15) is 0 Å². The molecule has 132 valence electrons. The number of carbonyl (C=O) groups is 1. The molecule has 1 heterocycles. The molecule has 1 aromatic carbocycles. The third-order valence-corrected chi connectivity index (χ3v) is 5.90. The Balaban J connectivity index is 1.63. The molecule has 0 saturated heterocycles. The van der Waals surface area contributed by atoms with Crippen LogP contribution in [0.1, 0.15) is 69.4 Å². The molecule has 0 bridgehead atoms. The van der Waals surface area contributed by atoms with Gasteiger partial charge in [-0.15, -0.1) is 0 Å². The molecular weight excluding hydrogens is 362 g/mol. The zero-order chi connectivity index (χ0) is 16.9. The third kappa shape index (κ3) is 4.62. The molecule has 0 N–H and O–H groups in total. The zero-order valence-electron chi connectivity index (χ0n) is 14.9. The lowest BCUT2D eigenvalue weighted by Crippen LogP contribution is -2.35. The summed E-state index contributed by atoms with van der Waals surface area (Å²) in [5, 5.41) is 0. The zero-order valence-corrected chi connectivity index (χ0v) is 16.5. The van der Waals surface area contributed by atoms with E-state index in [2.05, 4.69) is 46.0 Å². The van der Waals surface area contributed by atoms with Crippen molar-refractivity contribution in [3.05, 3.63) is 29.3 Å². The van der Waals surface area contributed by atoms with Crippen LogP contribution in [-0.2, 0) is 17.6 Å². The van der Waals surface area contributed by atoms with E-state index in [9.17, 15) is 4.79 Å². The molecule has 2 aliphatic rings. The minimum absolute atomic E-state index is 0.336. The fourth-order valence-corrected chi connectivity index (χ4v) is 4.67. The number of anilines is 1. The Hall–Kier alpha value is -0.830. The van der Waals surface area contributed by atoms with E-state index in [-0.39, 0.29) is 0 Å². The molecule has 0 aromatic heterocycles. The second kappa shape index (κ2) is 8.51. The van der Waals surface area contributed by atoms with E-state index in [1.807, 2.05) is 0 Å². The van der Waals surface area contributed by atoms with Crippen molar-refractivity contribution >= 4 is 27.5 Å². The van der Waals surface area contributed by atoms with E-state index in [0.717, 1.165) is 44.6 Å². The number of hydrogen-bond donors (Lipinski definition) is 0. The van der Waals surface area contributed by atoms with Crippen LogP contribution >= 0.6 is 15.9 Å².